The first kappa shape index (κ1) is 19.0. The average molecular weight is 406 g/mol. The monoisotopic (exact) mass is 406 g/mol. The molecule has 0 unspecified atom stereocenters. The van der Waals surface area contributed by atoms with Crippen molar-refractivity contribution in [2.75, 3.05) is 7.11 Å². The normalized spacial score (nSPS) is 11.3. The Morgan fingerprint density at radius 3 is 1.45 bits per heavy atom. The molecule has 5 aromatic rings. The van der Waals surface area contributed by atoms with E-state index in [4.69, 9.17) is 4.74 Å². The first-order valence-corrected chi connectivity index (χ1v) is 10.2. The average Bonchev–Trinajstić information content (AvgIpc) is 2.83. The van der Waals surface area contributed by atoms with Gasteiger partial charge in [-0.25, -0.2) is 0 Å². The maximum atomic E-state index is 10.4. The summed E-state index contributed by atoms with van der Waals surface area (Å²) in [5, 5.41) is 24.5. The van der Waals surface area contributed by atoms with Gasteiger partial charge in [0.05, 0.1) is 7.11 Å². The van der Waals surface area contributed by atoms with Crippen LogP contribution in [-0.4, -0.2) is 17.3 Å². The van der Waals surface area contributed by atoms with Gasteiger partial charge in [-0.3, -0.25) is 0 Å². The molecule has 5 rings (SSSR count). The van der Waals surface area contributed by atoms with Gasteiger partial charge in [-0.05, 0) is 51.7 Å². The van der Waals surface area contributed by atoms with Crippen molar-refractivity contribution in [1.29, 1.82) is 0 Å². The van der Waals surface area contributed by atoms with Crippen molar-refractivity contribution in [3.8, 4) is 17.2 Å². The number of phenols is 2. The zero-order chi connectivity index (χ0) is 21.4. The number of fused-ring (bicyclic) bond motifs is 2. The van der Waals surface area contributed by atoms with Gasteiger partial charge in [0.1, 0.15) is 17.2 Å². The molecule has 0 atom stereocenters. The van der Waals surface area contributed by atoms with Gasteiger partial charge in [-0.2, -0.15) is 0 Å². The molecule has 0 aliphatic rings. The lowest BCUT2D eigenvalue weighted by atomic mass is 9.80. The highest BCUT2D eigenvalue weighted by molar-refractivity contribution is 5.95. The summed E-state index contributed by atoms with van der Waals surface area (Å²) < 4.78 is 5.37. The van der Waals surface area contributed by atoms with Crippen LogP contribution in [0.15, 0.2) is 97.1 Å². The van der Waals surface area contributed by atoms with Crippen LogP contribution in [-0.2, 0) is 0 Å². The highest BCUT2D eigenvalue weighted by Crippen LogP contribution is 2.42. The zero-order valence-electron chi connectivity index (χ0n) is 17.1. The van der Waals surface area contributed by atoms with E-state index in [1.165, 1.54) is 0 Å². The van der Waals surface area contributed by atoms with E-state index < -0.39 is 0 Å². The molecule has 0 saturated heterocycles. The number of methoxy groups -OCH3 is 1. The molecular formula is C28H22O3. The fourth-order valence-corrected chi connectivity index (χ4v) is 4.44. The van der Waals surface area contributed by atoms with E-state index in [-0.39, 0.29) is 17.4 Å². The molecule has 0 aliphatic carbocycles. The van der Waals surface area contributed by atoms with Crippen molar-refractivity contribution in [3.05, 3.63) is 114 Å². The van der Waals surface area contributed by atoms with E-state index in [0.717, 1.165) is 44.0 Å². The third kappa shape index (κ3) is 3.24. The van der Waals surface area contributed by atoms with Crippen molar-refractivity contribution < 1.29 is 14.9 Å². The van der Waals surface area contributed by atoms with Gasteiger partial charge in [0, 0.05) is 16.7 Å². The Kier molecular flexibility index (Phi) is 4.72. The van der Waals surface area contributed by atoms with Crippen molar-refractivity contribution in [2.24, 2.45) is 0 Å². The first-order chi connectivity index (χ1) is 15.2. The molecule has 0 bridgehead atoms. The van der Waals surface area contributed by atoms with E-state index in [0.29, 0.717) is 0 Å². The van der Waals surface area contributed by atoms with Crippen molar-refractivity contribution in [2.45, 2.75) is 5.92 Å². The fourth-order valence-electron chi connectivity index (χ4n) is 4.44. The van der Waals surface area contributed by atoms with Crippen LogP contribution < -0.4 is 4.74 Å². The van der Waals surface area contributed by atoms with E-state index in [1.54, 1.807) is 19.2 Å². The Morgan fingerprint density at radius 1 is 0.548 bits per heavy atom. The van der Waals surface area contributed by atoms with E-state index in [1.807, 2.05) is 72.8 Å². The minimum atomic E-state index is -0.0955. The molecule has 5 aromatic carbocycles. The zero-order valence-corrected chi connectivity index (χ0v) is 17.1. The quantitative estimate of drug-likeness (QED) is 0.331. The predicted octanol–water partition coefficient (Wildman–Crippen LogP) is 6.59. The van der Waals surface area contributed by atoms with Gasteiger partial charge in [-0.1, -0.05) is 72.8 Å². The standard InChI is InChI=1S/C28H22O3/c1-31-19-12-10-18(11-13-19)28(24-14-16-26(29)22-8-4-2-6-20(22)24)25-15-17-27(30)23-9-5-3-7-21(23)25/h2-17,28-30H,1H3. The van der Waals surface area contributed by atoms with Gasteiger partial charge < -0.3 is 14.9 Å². The van der Waals surface area contributed by atoms with Crippen LogP contribution in [0.2, 0.25) is 0 Å². The molecule has 2 N–H and O–H groups in total. The molecule has 0 fully saturated rings. The molecule has 31 heavy (non-hydrogen) atoms. The molecule has 3 heteroatoms. The summed E-state index contributed by atoms with van der Waals surface area (Å²) in [6.45, 7) is 0. The van der Waals surface area contributed by atoms with Gasteiger partial charge in [0.2, 0.25) is 0 Å². The second kappa shape index (κ2) is 7.69. The molecule has 0 heterocycles. The predicted molar refractivity (Wildman–Crippen MR) is 125 cm³/mol. The first-order valence-electron chi connectivity index (χ1n) is 10.2. The smallest absolute Gasteiger partial charge is 0.123 e. The topological polar surface area (TPSA) is 49.7 Å². The Balaban J connectivity index is 1.84. The summed E-state index contributed by atoms with van der Waals surface area (Å²) in [5.74, 6) is 1.24. The second-order valence-electron chi connectivity index (χ2n) is 7.65. The van der Waals surface area contributed by atoms with Crippen LogP contribution in [0, 0.1) is 0 Å². The van der Waals surface area contributed by atoms with Gasteiger partial charge in [-0.15, -0.1) is 0 Å². The highest BCUT2D eigenvalue weighted by atomic mass is 16.5. The summed E-state index contributed by atoms with van der Waals surface area (Å²) in [6.07, 6.45) is 0. The Bertz CT molecular complexity index is 1300. The summed E-state index contributed by atoms with van der Waals surface area (Å²) in [5.41, 5.74) is 3.29. The fraction of sp³-hybridized carbons (Fsp3) is 0.0714. The summed E-state index contributed by atoms with van der Waals surface area (Å²) >= 11 is 0. The molecule has 0 aromatic heterocycles. The van der Waals surface area contributed by atoms with Gasteiger partial charge in [0.25, 0.3) is 0 Å². The SMILES string of the molecule is COc1ccc(C(c2ccc(O)c3ccccc23)c2ccc(O)c3ccccc23)cc1. The highest BCUT2D eigenvalue weighted by Gasteiger charge is 2.22. The Labute approximate surface area is 180 Å². The lowest BCUT2D eigenvalue weighted by Gasteiger charge is -2.23. The molecule has 0 radical (unpaired) electrons. The molecular weight excluding hydrogens is 384 g/mol. The lowest BCUT2D eigenvalue weighted by molar-refractivity contribution is 0.414. The minimum absolute atomic E-state index is 0.0955. The number of ether oxygens (including phenoxy) is 1. The van der Waals surface area contributed by atoms with Gasteiger partial charge >= 0.3 is 0 Å². The van der Waals surface area contributed by atoms with E-state index >= 15 is 0 Å². The van der Waals surface area contributed by atoms with Gasteiger partial charge in [0.15, 0.2) is 0 Å². The molecule has 3 nitrogen and oxygen atoms in total. The number of aromatic hydroxyl groups is 2. The van der Waals surface area contributed by atoms with Crippen LogP contribution in [0.3, 0.4) is 0 Å². The summed E-state index contributed by atoms with van der Waals surface area (Å²) in [4.78, 5) is 0. The molecule has 0 saturated carbocycles. The lowest BCUT2D eigenvalue weighted by Crippen LogP contribution is -2.05. The minimum Gasteiger partial charge on any atom is -0.507 e. The van der Waals surface area contributed by atoms with Crippen LogP contribution in [0.25, 0.3) is 21.5 Å². The van der Waals surface area contributed by atoms with E-state index in [9.17, 15) is 10.2 Å². The van der Waals surface area contributed by atoms with Crippen molar-refractivity contribution >= 4 is 21.5 Å². The molecule has 152 valence electrons. The van der Waals surface area contributed by atoms with Crippen LogP contribution >= 0.6 is 0 Å². The van der Waals surface area contributed by atoms with Crippen molar-refractivity contribution in [1.82, 2.24) is 0 Å². The maximum Gasteiger partial charge on any atom is 0.123 e. The van der Waals surface area contributed by atoms with Crippen LogP contribution in [0.1, 0.15) is 22.6 Å². The number of phenolic OH excluding ortho intramolecular Hbond substituents is 2. The van der Waals surface area contributed by atoms with Crippen molar-refractivity contribution in [3.63, 3.8) is 0 Å². The summed E-state index contributed by atoms with van der Waals surface area (Å²) in [7, 11) is 1.66. The molecule has 0 aliphatic heterocycles. The van der Waals surface area contributed by atoms with E-state index in [2.05, 4.69) is 12.1 Å². The molecule has 0 amide bonds. The maximum absolute atomic E-state index is 10.4. The number of hydrogen-bond donors (Lipinski definition) is 2. The molecule has 0 spiro atoms. The summed E-state index contributed by atoms with van der Waals surface area (Å²) in [6, 6.07) is 31.4. The number of rotatable bonds is 4. The number of hydrogen-bond acceptors (Lipinski definition) is 3. The largest absolute Gasteiger partial charge is 0.507 e. The Morgan fingerprint density at radius 2 is 1.00 bits per heavy atom. The Hall–Kier alpha value is -3.98. The second-order valence-corrected chi connectivity index (χ2v) is 7.65. The third-order valence-electron chi connectivity index (χ3n) is 5.94. The number of benzene rings is 5. The van der Waals surface area contributed by atoms with Crippen LogP contribution in [0.4, 0.5) is 0 Å². The third-order valence-corrected chi connectivity index (χ3v) is 5.94. The van der Waals surface area contributed by atoms with Crippen LogP contribution in [0.5, 0.6) is 17.2 Å².